The van der Waals surface area contributed by atoms with Crippen molar-refractivity contribution in [1.29, 1.82) is 0 Å². The number of hydrogen-bond acceptors (Lipinski definition) is 1. The fraction of sp³-hybridized carbons (Fsp3) is 0.429. The van der Waals surface area contributed by atoms with Gasteiger partial charge in [0.25, 0.3) is 0 Å². The van der Waals surface area contributed by atoms with E-state index in [1.165, 1.54) is 42.1 Å². The van der Waals surface area contributed by atoms with Crippen molar-refractivity contribution in [2.24, 2.45) is 5.73 Å². The Balaban J connectivity index is 2.23. The van der Waals surface area contributed by atoms with Crippen LogP contribution in [0.15, 0.2) is 18.3 Å². The SMILES string of the molecule is NCCc1c[nH]c2ccc3c(c12)CCCC3. The zero-order valence-electron chi connectivity index (χ0n) is 9.55. The van der Waals surface area contributed by atoms with Gasteiger partial charge in [0.05, 0.1) is 0 Å². The van der Waals surface area contributed by atoms with E-state index in [-0.39, 0.29) is 0 Å². The average Bonchev–Trinajstić information content (AvgIpc) is 2.73. The molecular weight excluding hydrogens is 196 g/mol. The van der Waals surface area contributed by atoms with Gasteiger partial charge in [-0.15, -0.1) is 0 Å². The summed E-state index contributed by atoms with van der Waals surface area (Å²) in [5.74, 6) is 0. The van der Waals surface area contributed by atoms with Gasteiger partial charge in [0, 0.05) is 17.1 Å². The van der Waals surface area contributed by atoms with Crippen LogP contribution in [0.1, 0.15) is 29.5 Å². The Hall–Kier alpha value is -1.28. The van der Waals surface area contributed by atoms with Crippen LogP contribution in [0, 0.1) is 0 Å². The maximum atomic E-state index is 5.67. The largest absolute Gasteiger partial charge is 0.361 e. The minimum Gasteiger partial charge on any atom is -0.361 e. The zero-order chi connectivity index (χ0) is 11.0. The summed E-state index contributed by atoms with van der Waals surface area (Å²) in [6.07, 6.45) is 8.28. The van der Waals surface area contributed by atoms with E-state index < -0.39 is 0 Å². The highest BCUT2D eigenvalue weighted by atomic mass is 14.7. The quantitative estimate of drug-likeness (QED) is 0.792. The lowest BCUT2D eigenvalue weighted by molar-refractivity contribution is 0.689. The highest BCUT2D eigenvalue weighted by molar-refractivity contribution is 5.88. The monoisotopic (exact) mass is 214 g/mol. The van der Waals surface area contributed by atoms with Crippen molar-refractivity contribution >= 4 is 10.9 Å². The van der Waals surface area contributed by atoms with E-state index in [0.717, 1.165) is 13.0 Å². The van der Waals surface area contributed by atoms with Crippen molar-refractivity contribution in [2.45, 2.75) is 32.1 Å². The molecule has 84 valence electrons. The molecule has 1 aliphatic carbocycles. The number of nitrogens with one attached hydrogen (secondary N) is 1. The van der Waals surface area contributed by atoms with Gasteiger partial charge in [-0.1, -0.05) is 6.07 Å². The Labute approximate surface area is 95.8 Å². The van der Waals surface area contributed by atoms with E-state index in [9.17, 15) is 0 Å². The molecule has 0 spiro atoms. The minimum atomic E-state index is 0.733. The molecule has 2 nitrogen and oxygen atoms in total. The summed E-state index contributed by atoms with van der Waals surface area (Å²) in [6, 6.07) is 4.51. The van der Waals surface area contributed by atoms with Crippen LogP contribution in [0.2, 0.25) is 0 Å². The maximum Gasteiger partial charge on any atom is 0.0459 e. The highest BCUT2D eigenvalue weighted by Gasteiger charge is 2.15. The minimum absolute atomic E-state index is 0.733. The molecule has 2 heteroatoms. The molecule has 1 aliphatic rings. The Morgan fingerprint density at radius 3 is 2.94 bits per heavy atom. The summed E-state index contributed by atoms with van der Waals surface area (Å²) in [4.78, 5) is 3.37. The van der Waals surface area contributed by atoms with Gasteiger partial charge in [0.2, 0.25) is 0 Å². The van der Waals surface area contributed by atoms with Gasteiger partial charge < -0.3 is 10.7 Å². The first-order valence-electron chi connectivity index (χ1n) is 6.21. The van der Waals surface area contributed by atoms with Crippen molar-refractivity contribution in [2.75, 3.05) is 6.54 Å². The molecule has 2 aromatic rings. The number of aromatic amines is 1. The van der Waals surface area contributed by atoms with Crippen molar-refractivity contribution in [3.8, 4) is 0 Å². The first-order valence-corrected chi connectivity index (χ1v) is 6.21. The number of aryl methyl sites for hydroxylation is 2. The Morgan fingerprint density at radius 1 is 1.19 bits per heavy atom. The number of fused-ring (bicyclic) bond motifs is 3. The van der Waals surface area contributed by atoms with Crippen molar-refractivity contribution in [3.05, 3.63) is 35.0 Å². The lowest BCUT2D eigenvalue weighted by atomic mass is 9.88. The van der Waals surface area contributed by atoms with Gasteiger partial charge in [-0.2, -0.15) is 0 Å². The van der Waals surface area contributed by atoms with E-state index in [1.54, 1.807) is 11.1 Å². The van der Waals surface area contributed by atoms with Crippen LogP contribution in [0.25, 0.3) is 10.9 Å². The first-order chi connectivity index (χ1) is 7.90. The third kappa shape index (κ3) is 1.45. The van der Waals surface area contributed by atoms with Gasteiger partial charge in [-0.05, 0) is 61.4 Å². The number of H-pyrrole nitrogens is 1. The zero-order valence-corrected chi connectivity index (χ0v) is 9.55. The molecule has 0 atom stereocenters. The summed E-state index contributed by atoms with van der Waals surface area (Å²) < 4.78 is 0. The second-order valence-electron chi connectivity index (χ2n) is 4.69. The lowest BCUT2D eigenvalue weighted by Gasteiger charge is -2.17. The highest BCUT2D eigenvalue weighted by Crippen LogP contribution is 2.31. The standard InChI is InChI=1S/C14H18N2/c15-8-7-11-9-16-13-6-5-10-3-1-2-4-12(10)14(11)13/h5-6,9,16H,1-4,7-8,15H2. The molecule has 1 aromatic carbocycles. The first kappa shape index (κ1) is 9.91. The topological polar surface area (TPSA) is 41.8 Å². The van der Waals surface area contributed by atoms with E-state index in [2.05, 4.69) is 23.3 Å². The molecule has 0 unspecified atom stereocenters. The van der Waals surface area contributed by atoms with E-state index >= 15 is 0 Å². The van der Waals surface area contributed by atoms with Gasteiger partial charge >= 0.3 is 0 Å². The van der Waals surface area contributed by atoms with Crippen LogP contribution in [0.5, 0.6) is 0 Å². The predicted molar refractivity (Wildman–Crippen MR) is 67.7 cm³/mol. The molecule has 0 bridgehead atoms. The van der Waals surface area contributed by atoms with Crippen LogP contribution in [0.3, 0.4) is 0 Å². The predicted octanol–water partition coefficient (Wildman–Crippen LogP) is 2.55. The average molecular weight is 214 g/mol. The molecule has 0 saturated carbocycles. The molecule has 16 heavy (non-hydrogen) atoms. The van der Waals surface area contributed by atoms with Crippen LogP contribution >= 0.6 is 0 Å². The lowest BCUT2D eigenvalue weighted by Crippen LogP contribution is -2.05. The summed E-state index contributed by atoms with van der Waals surface area (Å²) in [5, 5.41) is 1.46. The van der Waals surface area contributed by atoms with Crippen LogP contribution < -0.4 is 5.73 Å². The van der Waals surface area contributed by atoms with Crippen molar-refractivity contribution < 1.29 is 0 Å². The number of hydrogen-bond donors (Lipinski definition) is 2. The third-order valence-electron chi connectivity index (χ3n) is 3.67. The molecule has 0 saturated heterocycles. The maximum absolute atomic E-state index is 5.67. The Kier molecular flexibility index (Phi) is 2.44. The summed E-state index contributed by atoms with van der Waals surface area (Å²) in [7, 11) is 0. The van der Waals surface area contributed by atoms with Crippen LogP contribution in [-0.2, 0) is 19.3 Å². The third-order valence-corrected chi connectivity index (χ3v) is 3.67. The fourth-order valence-corrected chi connectivity index (χ4v) is 2.90. The summed E-state index contributed by atoms with van der Waals surface area (Å²) in [5.41, 5.74) is 11.5. The molecule has 0 aliphatic heterocycles. The molecule has 0 fully saturated rings. The van der Waals surface area contributed by atoms with Gasteiger partial charge in [-0.3, -0.25) is 0 Å². The number of rotatable bonds is 2. The molecule has 3 N–H and O–H groups in total. The molecular formula is C14H18N2. The second-order valence-corrected chi connectivity index (χ2v) is 4.69. The molecule has 3 rings (SSSR count). The van der Waals surface area contributed by atoms with E-state index in [1.807, 2.05) is 0 Å². The van der Waals surface area contributed by atoms with Crippen molar-refractivity contribution in [1.82, 2.24) is 4.98 Å². The van der Waals surface area contributed by atoms with Crippen LogP contribution in [0.4, 0.5) is 0 Å². The van der Waals surface area contributed by atoms with Crippen LogP contribution in [-0.4, -0.2) is 11.5 Å². The molecule has 1 heterocycles. The summed E-state index contributed by atoms with van der Waals surface area (Å²) >= 11 is 0. The number of aromatic nitrogens is 1. The van der Waals surface area contributed by atoms with Gasteiger partial charge in [0.1, 0.15) is 0 Å². The number of benzene rings is 1. The Bertz CT molecular complexity index is 511. The van der Waals surface area contributed by atoms with E-state index in [4.69, 9.17) is 5.73 Å². The van der Waals surface area contributed by atoms with Crippen molar-refractivity contribution in [3.63, 3.8) is 0 Å². The normalized spacial score (nSPS) is 15.3. The van der Waals surface area contributed by atoms with E-state index in [0.29, 0.717) is 0 Å². The summed E-state index contributed by atoms with van der Waals surface area (Å²) in [6.45, 7) is 0.733. The second kappa shape index (κ2) is 3.95. The smallest absolute Gasteiger partial charge is 0.0459 e. The van der Waals surface area contributed by atoms with Gasteiger partial charge in [-0.25, -0.2) is 0 Å². The molecule has 0 amide bonds. The fourth-order valence-electron chi connectivity index (χ4n) is 2.90. The number of nitrogens with two attached hydrogens (primary N) is 1. The Morgan fingerprint density at radius 2 is 2.06 bits per heavy atom. The molecule has 0 radical (unpaired) electrons. The molecule has 1 aromatic heterocycles. The van der Waals surface area contributed by atoms with Gasteiger partial charge in [0.15, 0.2) is 0 Å².